The molecule has 0 aromatic heterocycles. The van der Waals surface area contributed by atoms with Crippen LogP contribution in [0.15, 0.2) is 0 Å². The Balaban J connectivity index is 2.44. The SMILES string of the molecule is CCN(CC(=O)OC)C1CCCCCC1. The molecule has 0 amide bonds. The average Bonchev–Trinajstić information content (AvgIpc) is 2.54. The average molecular weight is 213 g/mol. The van der Waals surface area contributed by atoms with Crippen LogP contribution in [-0.2, 0) is 9.53 Å². The van der Waals surface area contributed by atoms with Gasteiger partial charge in [-0.3, -0.25) is 9.69 Å². The van der Waals surface area contributed by atoms with Crippen LogP contribution in [0.3, 0.4) is 0 Å². The van der Waals surface area contributed by atoms with Gasteiger partial charge in [0.05, 0.1) is 13.7 Å². The summed E-state index contributed by atoms with van der Waals surface area (Å²) in [5.74, 6) is -0.110. The molecule has 88 valence electrons. The van der Waals surface area contributed by atoms with Crippen molar-refractivity contribution in [3.63, 3.8) is 0 Å². The number of rotatable bonds is 4. The maximum Gasteiger partial charge on any atom is 0.319 e. The van der Waals surface area contributed by atoms with E-state index in [-0.39, 0.29) is 5.97 Å². The van der Waals surface area contributed by atoms with Gasteiger partial charge in [0, 0.05) is 6.04 Å². The van der Waals surface area contributed by atoms with Gasteiger partial charge in [-0.15, -0.1) is 0 Å². The fraction of sp³-hybridized carbons (Fsp3) is 0.917. The van der Waals surface area contributed by atoms with E-state index >= 15 is 0 Å². The van der Waals surface area contributed by atoms with Crippen LogP contribution in [-0.4, -0.2) is 37.1 Å². The lowest BCUT2D eigenvalue weighted by Gasteiger charge is -2.28. The first kappa shape index (κ1) is 12.5. The lowest BCUT2D eigenvalue weighted by Crippen LogP contribution is -2.39. The summed E-state index contributed by atoms with van der Waals surface area (Å²) < 4.78 is 4.72. The molecule has 0 radical (unpaired) electrons. The maximum atomic E-state index is 11.2. The Morgan fingerprint density at radius 3 is 2.33 bits per heavy atom. The molecule has 15 heavy (non-hydrogen) atoms. The van der Waals surface area contributed by atoms with Crippen molar-refractivity contribution in [2.24, 2.45) is 0 Å². The summed E-state index contributed by atoms with van der Waals surface area (Å²) in [7, 11) is 1.46. The first-order chi connectivity index (χ1) is 7.27. The Kier molecular flexibility index (Phi) is 5.69. The predicted molar refractivity (Wildman–Crippen MR) is 60.8 cm³/mol. The van der Waals surface area contributed by atoms with Crippen molar-refractivity contribution in [1.82, 2.24) is 4.90 Å². The molecule has 3 heteroatoms. The molecule has 1 saturated carbocycles. The molecule has 1 aliphatic carbocycles. The van der Waals surface area contributed by atoms with Crippen molar-refractivity contribution in [1.29, 1.82) is 0 Å². The fourth-order valence-electron chi connectivity index (χ4n) is 2.35. The predicted octanol–water partition coefficient (Wildman–Crippen LogP) is 2.20. The van der Waals surface area contributed by atoms with Gasteiger partial charge in [-0.2, -0.15) is 0 Å². The van der Waals surface area contributed by atoms with Crippen LogP contribution < -0.4 is 0 Å². The molecule has 1 rings (SSSR count). The molecular formula is C12H23NO2. The standard InChI is InChI=1S/C12H23NO2/c1-3-13(10-12(14)15-2)11-8-6-4-5-7-9-11/h11H,3-10H2,1-2H3. The van der Waals surface area contributed by atoms with Crippen molar-refractivity contribution in [2.75, 3.05) is 20.2 Å². The second kappa shape index (κ2) is 6.83. The molecular weight excluding hydrogens is 190 g/mol. The van der Waals surface area contributed by atoms with Gasteiger partial charge in [-0.1, -0.05) is 32.6 Å². The molecule has 0 saturated heterocycles. The summed E-state index contributed by atoms with van der Waals surface area (Å²) in [5, 5.41) is 0. The van der Waals surface area contributed by atoms with Gasteiger partial charge in [-0.05, 0) is 19.4 Å². The highest BCUT2D eigenvalue weighted by Gasteiger charge is 2.20. The molecule has 0 aromatic carbocycles. The smallest absolute Gasteiger partial charge is 0.319 e. The number of nitrogens with zero attached hydrogens (tertiary/aromatic N) is 1. The molecule has 0 spiro atoms. The third-order valence-electron chi connectivity index (χ3n) is 3.31. The number of ether oxygens (including phenoxy) is 1. The topological polar surface area (TPSA) is 29.5 Å². The number of esters is 1. The Morgan fingerprint density at radius 1 is 1.27 bits per heavy atom. The molecule has 1 aliphatic rings. The molecule has 3 nitrogen and oxygen atoms in total. The Morgan fingerprint density at radius 2 is 1.87 bits per heavy atom. The molecule has 1 fully saturated rings. The molecule has 0 unspecified atom stereocenters. The largest absolute Gasteiger partial charge is 0.468 e. The van der Waals surface area contributed by atoms with Crippen LogP contribution in [0.2, 0.25) is 0 Å². The molecule has 0 atom stereocenters. The maximum absolute atomic E-state index is 11.2. The molecule has 0 aromatic rings. The quantitative estimate of drug-likeness (QED) is 0.529. The van der Waals surface area contributed by atoms with Crippen LogP contribution in [0, 0.1) is 0 Å². The minimum absolute atomic E-state index is 0.110. The highest BCUT2D eigenvalue weighted by atomic mass is 16.5. The number of methoxy groups -OCH3 is 1. The van der Waals surface area contributed by atoms with E-state index in [1.54, 1.807) is 0 Å². The van der Waals surface area contributed by atoms with E-state index in [1.165, 1.54) is 45.6 Å². The van der Waals surface area contributed by atoms with E-state index in [0.717, 1.165) is 6.54 Å². The number of likely N-dealkylation sites (N-methyl/N-ethyl adjacent to an activating group) is 1. The van der Waals surface area contributed by atoms with Crippen molar-refractivity contribution in [3.8, 4) is 0 Å². The summed E-state index contributed by atoms with van der Waals surface area (Å²) in [6, 6.07) is 0.594. The number of hydrogen-bond donors (Lipinski definition) is 0. The van der Waals surface area contributed by atoms with E-state index in [2.05, 4.69) is 11.8 Å². The Bertz CT molecular complexity index is 186. The number of hydrogen-bond acceptors (Lipinski definition) is 3. The van der Waals surface area contributed by atoms with Crippen LogP contribution in [0.4, 0.5) is 0 Å². The second-order valence-corrected chi connectivity index (χ2v) is 4.28. The highest BCUT2D eigenvalue weighted by Crippen LogP contribution is 2.21. The minimum Gasteiger partial charge on any atom is -0.468 e. The van der Waals surface area contributed by atoms with Gasteiger partial charge in [0.2, 0.25) is 0 Å². The Labute approximate surface area is 92.8 Å². The number of carbonyl (C=O) groups excluding carboxylic acids is 1. The van der Waals surface area contributed by atoms with Crippen molar-refractivity contribution < 1.29 is 9.53 Å². The summed E-state index contributed by atoms with van der Waals surface area (Å²) >= 11 is 0. The molecule has 0 bridgehead atoms. The van der Waals surface area contributed by atoms with Crippen LogP contribution in [0.25, 0.3) is 0 Å². The van der Waals surface area contributed by atoms with Crippen molar-refractivity contribution in [3.05, 3.63) is 0 Å². The van der Waals surface area contributed by atoms with E-state index in [1.807, 2.05) is 0 Å². The van der Waals surface area contributed by atoms with Gasteiger partial charge >= 0.3 is 5.97 Å². The van der Waals surface area contributed by atoms with Crippen LogP contribution >= 0.6 is 0 Å². The zero-order valence-corrected chi connectivity index (χ0v) is 10.00. The van der Waals surface area contributed by atoms with Gasteiger partial charge in [-0.25, -0.2) is 0 Å². The molecule has 0 N–H and O–H groups in total. The van der Waals surface area contributed by atoms with E-state index in [9.17, 15) is 4.79 Å². The van der Waals surface area contributed by atoms with E-state index < -0.39 is 0 Å². The molecule has 0 heterocycles. The third-order valence-corrected chi connectivity index (χ3v) is 3.31. The summed E-state index contributed by atoms with van der Waals surface area (Å²) in [6.45, 7) is 3.52. The van der Waals surface area contributed by atoms with Gasteiger partial charge in [0.1, 0.15) is 0 Å². The number of carbonyl (C=O) groups is 1. The fourth-order valence-corrected chi connectivity index (χ4v) is 2.35. The van der Waals surface area contributed by atoms with E-state index in [0.29, 0.717) is 12.6 Å². The monoisotopic (exact) mass is 213 g/mol. The molecule has 0 aliphatic heterocycles. The van der Waals surface area contributed by atoms with Crippen molar-refractivity contribution in [2.45, 2.75) is 51.5 Å². The van der Waals surface area contributed by atoms with E-state index in [4.69, 9.17) is 4.74 Å². The zero-order chi connectivity index (χ0) is 11.1. The Hall–Kier alpha value is -0.570. The summed E-state index contributed by atoms with van der Waals surface area (Å²) in [6.07, 6.45) is 7.80. The zero-order valence-electron chi connectivity index (χ0n) is 10.00. The van der Waals surface area contributed by atoms with Gasteiger partial charge in [0.15, 0.2) is 0 Å². The normalized spacial score (nSPS) is 18.9. The first-order valence-corrected chi connectivity index (χ1v) is 6.08. The van der Waals surface area contributed by atoms with Gasteiger partial charge < -0.3 is 4.74 Å². The third kappa shape index (κ3) is 4.20. The van der Waals surface area contributed by atoms with Crippen molar-refractivity contribution >= 4 is 5.97 Å². The highest BCUT2D eigenvalue weighted by molar-refractivity contribution is 5.71. The summed E-state index contributed by atoms with van der Waals surface area (Å²) in [5.41, 5.74) is 0. The lowest BCUT2D eigenvalue weighted by molar-refractivity contribution is -0.142. The van der Waals surface area contributed by atoms with Crippen LogP contribution in [0.1, 0.15) is 45.4 Å². The first-order valence-electron chi connectivity index (χ1n) is 6.08. The lowest BCUT2D eigenvalue weighted by atomic mass is 10.1. The van der Waals surface area contributed by atoms with Gasteiger partial charge in [0.25, 0.3) is 0 Å². The second-order valence-electron chi connectivity index (χ2n) is 4.28. The minimum atomic E-state index is -0.110. The van der Waals surface area contributed by atoms with Crippen LogP contribution in [0.5, 0.6) is 0 Å². The summed E-state index contributed by atoms with van der Waals surface area (Å²) in [4.78, 5) is 13.5.